The molecule has 1 aromatic carbocycles. The molecule has 1 aliphatic heterocycles. The third-order valence-electron chi connectivity index (χ3n) is 3.65. The summed E-state index contributed by atoms with van der Waals surface area (Å²) >= 11 is 0. The number of hydrogen-bond donors (Lipinski definition) is 1. The highest BCUT2D eigenvalue weighted by Crippen LogP contribution is 2.25. The van der Waals surface area contributed by atoms with Crippen molar-refractivity contribution in [1.29, 1.82) is 0 Å². The summed E-state index contributed by atoms with van der Waals surface area (Å²) < 4.78 is 14.0. The Morgan fingerprint density at radius 3 is 2.44 bits per heavy atom. The van der Waals surface area contributed by atoms with Crippen LogP contribution in [0.2, 0.25) is 0 Å². The van der Waals surface area contributed by atoms with E-state index < -0.39 is 0 Å². The topological polar surface area (TPSA) is 32.5 Å². The molecular formula is C14H22FN3. The fourth-order valence-corrected chi connectivity index (χ4v) is 2.54. The van der Waals surface area contributed by atoms with Crippen LogP contribution in [-0.4, -0.2) is 37.1 Å². The second kappa shape index (κ2) is 5.67. The van der Waals surface area contributed by atoms with Gasteiger partial charge in [0.25, 0.3) is 0 Å². The standard InChI is InChI=1S/C14H22FN3/c1-11(2)17-6-8-18(9-7-17)14-12(10-16)4-3-5-13(14)15/h3-5,11H,6-10,16H2,1-2H3. The van der Waals surface area contributed by atoms with Gasteiger partial charge in [-0.25, -0.2) is 4.39 Å². The van der Waals surface area contributed by atoms with E-state index in [2.05, 4.69) is 23.6 Å². The van der Waals surface area contributed by atoms with Crippen LogP contribution < -0.4 is 10.6 Å². The summed E-state index contributed by atoms with van der Waals surface area (Å²) in [5.74, 6) is -0.157. The minimum absolute atomic E-state index is 0.157. The van der Waals surface area contributed by atoms with Gasteiger partial charge in [0.05, 0.1) is 5.69 Å². The van der Waals surface area contributed by atoms with E-state index in [0.29, 0.717) is 18.3 Å². The second-order valence-electron chi connectivity index (χ2n) is 5.07. The highest BCUT2D eigenvalue weighted by molar-refractivity contribution is 5.55. The SMILES string of the molecule is CC(C)N1CCN(c2c(F)cccc2CN)CC1. The van der Waals surface area contributed by atoms with E-state index in [9.17, 15) is 4.39 Å². The molecule has 0 aliphatic carbocycles. The molecule has 4 heteroatoms. The lowest BCUT2D eigenvalue weighted by Crippen LogP contribution is -2.49. The number of nitrogens with zero attached hydrogens (tertiary/aromatic N) is 2. The highest BCUT2D eigenvalue weighted by atomic mass is 19.1. The lowest BCUT2D eigenvalue weighted by molar-refractivity contribution is 0.209. The molecule has 0 radical (unpaired) electrons. The summed E-state index contributed by atoms with van der Waals surface area (Å²) in [4.78, 5) is 4.54. The summed E-state index contributed by atoms with van der Waals surface area (Å²) in [6.07, 6.45) is 0. The Balaban J connectivity index is 2.14. The predicted octanol–water partition coefficient (Wildman–Crippen LogP) is 1.81. The van der Waals surface area contributed by atoms with Crippen molar-refractivity contribution in [3.05, 3.63) is 29.6 Å². The minimum Gasteiger partial charge on any atom is -0.366 e. The van der Waals surface area contributed by atoms with E-state index in [1.54, 1.807) is 6.07 Å². The van der Waals surface area contributed by atoms with E-state index in [4.69, 9.17) is 5.73 Å². The van der Waals surface area contributed by atoms with Gasteiger partial charge in [-0.3, -0.25) is 4.90 Å². The molecule has 1 saturated heterocycles. The number of hydrogen-bond acceptors (Lipinski definition) is 3. The molecule has 1 fully saturated rings. The Bertz CT molecular complexity index is 398. The molecule has 1 heterocycles. The van der Waals surface area contributed by atoms with Crippen LogP contribution in [0.1, 0.15) is 19.4 Å². The van der Waals surface area contributed by atoms with Crippen LogP contribution in [0.5, 0.6) is 0 Å². The molecule has 0 amide bonds. The molecule has 2 N–H and O–H groups in total. The fraction of sp³-hybridized carbons (Fsp3) is 0.571. The molecule has 100 valence electrons. The van der Waals surface area contributed by atoms with Gasteiger partial charge in [-0.2, -0.15) is 0 Å². The smallest absolute Gasteiger partial charge is 0.146 e. The fourth-order valence-electron chi connectivity index (χ4n) is 2.54. The zero-order chi connectivity index (χ0) is 13.1. The number of anilines is 1. The van der Waals surface area contributed by atoms with Crippen LogP contribution >= 0.6 is 0 Å². The van der Waals surface area contributed by atoms with Gasteiger partial charge in [0.1, 0.15) is 5.82 Å². The number of nitrogens with two attached hydrogens (primary N) is 1. The van der Waals surface area contributed by atoms with E-state index >= 15 is 0 Å². The molecule has 0 spiro atoms. The molecule has 3 nitrogen and oxygen atoms in total. The molecular weight excluding hydrogens is 229 g/mol. The van der Waals surface area contributed by atoms with Gasteiger partial charge in [-0.1, -0.05) is 12.1 Å². The molecule has 1 aromatic rings. The van der Waals surface area contributed by atoms with Crippen molar-refractivity contribution >= 4 is 5.69 Å². The number of benzene rings is 1. The Kier molecular flexibility index (Phi) is 4.19. The molecule has 1 aliphatic rings. The second-order valence-corrected chi connectivity index (χ2v) is 5.07. The van der Waals surface area contributed by atoms with Crippen molar-refractivity contribution in [3.63, 3.8) is 0 Å². The maximum absolute atomic E-state index is 14.0. The quantitative estimate of drug-likeness (QED) is 0.889. The van der Waals surface area contributed by atoms with Crippen LogP contribution in [0.3, 0.4) is 0 Å². The van der Waals surface area contributed by atoms with Gasteiger partial charge in [0.2, 0.25) is 0 Å². The number of para-hydroxylation sites is 1. The first-order valence-corrected chi connectivity index (χ1v) is 6.60. The maximum Gasteiger partial charge on any atom is 0.146 e. The average Bonchev–Trinajstić information content (AvgIpc) is 2.38. The summed E-state index contributed by atoms with van der Waals surface area (Å²) in [5, 5.41) is 0. The van der Waals surface area contributed by atoms with Crippen molar-refractivity contribution < 1.29 is 4.39 Å². The molecule has 0 atom stereocenters. The van der Waals surface area contributed by atoms with Crippen molar-refractivity contribution in [2.24, 2.45) is 5.73 Å². The Morgan fingerprint density at radius 2 is 1.89 bits per heavy atom. The van der Waals surface area contributed by atoms with Crippen LogP contribution in [0.25, 0.3) is 0 Å². The van der Waals surface area contributed by atoms with E-state index in [1.807, 2.05) is 6.07 Å². The van der Waals surface area contributed by atoms with Crippen LogP contribution in [0.15, 0.2) is 18.2 Å². The summed E-state index contributed by atoms with van der Waals surface area (Å²) in [6.45, 7) is 8.48. The number of halogens is 1. The van der Waals surface area contributed by atoms with Gasteiger partial charge in [-0.05, 0) is 25.5 Å². The molecule has 0 aromatic heterocycles. The highest BCUT2D eigenvalue weighted by Gasteiger charge is 2.22. The average molecular weight is 251 g/mol. The lowest BCUT2D eigenvalue weighted by Gasteiger charge is -2.38. The van der Waals surface area contributed by atoms with E-state index in [-0.39, 0.29) is 5.82 Å². The largest absolute Gasteiger partial charge is 0.366 e. The van der Waals surface area contributed by atoms with Crippen LogP contribution in [0, 0.1) is 5.82 Å². The zero-order valence-corrected chi connectivity index (χ0v) is 11.2. The van der Waals surface area contributed by atoms with E-state index in [1.165, 1.54) is 6.07 Å². The van der Waals surface area contributed by atoms with Gasteiger partial charge < -0.3 is 10.6 Å². The number of piperazine rings is 1. The first kappa shape index (κ1) is 13.3. The monoisotopic (exact) mass is 251 g/mol. The Labute approximate surface area is 108 Å². The van der Waals surface area contributed by atoms with Gasteiger partial charge >= 0.3 is 0 Å². The molecule has 0 unspecified atom stereocenters. The molecule has 0 saturated carbocycles. The summed E-state index contributed by atoms with van der Waals surface area (Å²) in [5.41, 5.74) is 7.29. The number of rotatable bonds is 3. The summed E-state index contributed by atoms with van der Waals surface area (Å²) in [6, 6.07) is 5.71. The zero-order valence-electron chi connectivity index (χ0n) is 11.2. The Hall–Kier alpha value is -1.13. The maximum atomic E-state index is 14.0. The van der Waals surface area contributed by atoms with Crippen LogP contribution in [0.4, 0.5) is 10.1 Å². The first-order valence-electron chi connectivity index (χ1n) is 6.60. The lowest BCUT2D eigenvalue weighted by atomic mass is 10.1. The van der Waals surface area contributed by atoms with Crippen molar-refractivity contribution in [2.45, 2.75) is 26.4 Å². The predicted molar refractivity (Wildman–Crippen MR) is 73.2 cm³/mol. The van der Waals surface area contributed by atoms with Crippen LogP contribution in [-0.2, 0) is 6.54 Å². The van der Waals surface area contributed by atoms with Crippen molar-refractivity contribution in [3.8, 4) is 0 Å². The first-order chi connectivity index (χ1) is 8.63. The van der Waals surface area contributed by atoms with Gasteiger partial charge in [-0.15, -0.1) is 0 Å². The third kappa shape index (κ3) is 2.65. The molecule has 2 rings (SSSR count). The molecule has 18 heavy (non-hydrogen) atoms. The normalized spacial score (nSPS) is 17.5. The van der Waals surface area contributed by atoms with Gasteiger partial charge in [0.15, 0.2) is 0 Å². The van der Waals surface area contributed by atoms with Crippen molar-refractivity contribution in [1.82, 2.24) is 4.90 Å². The summed E-state index contributed by atoms with van der Waals surface area (Å²) in [7, 11) is 0. The van der Waals surface area contributed by atoms with Gasteiger partial charge in [0, 0.05) is 38.8 Å². The Morgan fingerprint density at radius 1 is 1.22 bits per heavy atom. The molecule has 0 bridgehead atoms. The third-order valence-corrected chi connectivity index (χ3v) is 3.65. The minimum atomic E-state index is -0.157. The van der Waals surface area contributed by atoms with Crippen molar-refractivity contribution in [2.75, 3.05) is 31.1 Å². The van der Waals surface area contributed by atoms with E-state index in [0.717, 1.165) is 31.7 Å².